The van der Waals surface area contributed by atoms with E-state index >= 15 is 0 Å². The summed E-state index contributed by atoms with van der Waals surface area (Å²) in [5, 5.41) is 40.9. The highest BCUT2D eigenvalue weighted by Gasteiger charge is 2.25. The van der Waals surface area contributed by atoms with E-state index < -0.39 is 0 Å². The van der Waals surface area contributed by atoms with Gasteiger partial charge < -0.3 is 0 Å². The number of benzene rings is 27. The minimum Gasteiger partial charge on any atom is -0.0622 e. The van der Waals surface area contributed by atoms with Crippen molar-refractivity contribution in [2.45, 2.75) is 0 Å². The van der Waals surface area contributed by atoms with Crippen LogP contribution in [-0.2, 0) is 0 Å². The fraction of sp³-hybridized carbons (Fsp3) is 0. The van der Waals surface area contributed by atoms with E-state index in [1.165, 1.54) is 261 Å². The molecule has 0 radical (unpaired) electrons. The average Bonchev–Trinajstić information content (AvgIpc) is 0.724. The van der Waals surface area contributed by atoms with Gasteiger partial charge in [0.2, 0.25) is 0 Å². The van der Waals surface area contributed by atoms with Gasteiger partial charge >= 0.3 is 0 Å². The first kappa shape index (κ1) is 75.6. The third-order valence-electron chi connectivity index (χ3n) is 27.4. The molecule has 0 unspecified atom stereocenters. The zero-order valence-corrected chi connectivity index (χ0v) is 71.3. The quantitative estimate of drug-likeness (QED) is 0.105. The van der Waals surface area contributed by atoms with Gasteiger partial charge in [0.1, 0.15) is 0 Å². The molecule has 0 atom stereocenters. The van der Waals surface area contributed by atoms with Crippen LogP contribution in [0.5, 0.6) is 0 Å². The Labute approximate surface area is 753 Å². The van der Waals surface area contributed by atoms with Gasteiger partial charge in [-0.1, -0.05) is 449 Å². The van der Waals surface area contributed by atoms with Crippen LogP contribution in [0.3, 0.4) is 0 Å². The summed E-state index contributed by atoms with van der Waals surface area (Å²) in [4.78, 5) is 0. The summed E-state index contributed by atoms with van der Waals surface area (Å²) in [5.74, 6) is 0. The van der Waals surface area contributed by atoms with E-state index in [2.05, 4.69) is 497 Å². The van der Waals surface area contributed by atoms with E-state index in [9.17, 15) is 0 Å². The molecule has 0 spiro atoms. The molecule has 130 heavy (non-hydrogen) atoms. The molecule has 0 aromatic heterocycles. The molecule has 0 saturated heterocycles. The topological polar surface area (TPSA) is 0 Å². The van der Waals surface area contributed by atoms with Crippen LogP contribution in [0.2, 0.25) is 0 Å². The number of fused-ring (bicyclic) bond motifs is 19. The van der Waals surface area contributed by atoms with Crippen LogP contribution in [0, 0.1) is 0 Å². The second-order valence-electron chi connectivity index (χ2n) is 34.6. The third kappa shape index (κ3) is 12.7. The maximum Gasteiger partial charge on any atom is -0.00199 e. The molecular formula is C130H82. The summed E-state index contributed by atoms with van der Waals surface area (Å²) < 4.78 is 0. The van der Waals surface area contributed by atoms with E-state index in [0.29, 0.717) is 0 Å². The first-order valence-corrected chi connectivity index (χ1v) is 45.2. The SMILES string of the molecule is c1ccc(-c2cc(-c3c4ccccc4c(-c4cc5ccccc5c5ccccc45)c4ccccc34)cc3ccccc23)cc1.c1ccc2c(-c3ccc4cc(-c5c6ccccc6c(-c6cc7ccccc7c7ccccc67)c6ccccc56)ccc4c3)cccc2c1.c1ccc2cc(-c3c4ccccc4c(-c4cc5ccccc5c5ccccc45)c4ccccc34)ccc2c1. The smallest absolute Gasteiger partial charge is 0.00199 e. The van der Waals surface area contributed by atoms with E-state index in [1.54, 1.807) is 0 Å². The molecular weight excluding hydrogens is 1560 g/mol. The van der Waals surface area contributed by atoms with Gasteiger partial charge in [-0.3, -0.25) is 0 Å². The minimum absolute atomic E-state index is 1.23. The highest BCUT2D eigenvalue weighted by atomic mass is 14.3. The highest BCUT2D eigenvalue weighted by Crippen LogP contribution is 2.53. The van der Waals surface area contributed by atoms with Crippen LogP contribution in [-0.4, -0.2) is 0 Å². The summed E-state index contributed by atoms with van der Waals surface area (Å²) in [5.41, 5.74) is 20.4. The lowest BCUT2D eigenvalue weighted by Crippen LogP contribution is -1.93. The Balaban J connectivity index is 0.000000106. The first-order valence-electron chi connectivity index (χ1n) is 45.2. The molecule has 0 heteroatoms. The summed E-state index contributed by atoms with van der Waals surface area (Å²) in [6.45, 7) is 0. The van der Waals surface area contributed by atoms with Crippen molar-refractivity contribution < 1.29 is 0 Å². The third-order valence-corrected chi connectivity index (χ3v) is 27.4. The second kappa shape index (κ2) is 31.6. The normalized spacial score (nSPS) is 11.7. The van der Waals surface area contributed by atoms with Crippen molar-refractivity contribution >= 4 is 172 Å². The van der Waals surface area contributed by atoms with Crippen LogP contribution < -0.4 is 0 Å². The van der Waals surface area contributed by atoms with E-state index in [4.69, 9.17) is 0 Å². The molecule has 0 aliphatic carbocycles. The van der Waals surface area contributed by atoms with Gasteiger partial charge in [-0.2, -0.15) is 0 Å². The molecule has 0 heterocycles. The van der Waals surface area contributed by atoms with Gasteiger partial charge in [0.05, 0.1) is 0 Å². The fourth-order valence-corrected chi connectivity index (χ4v) is 21.7. The number of rotatable bonds is 8. The van der Waals surface area contributed by atoms with E-state index in [1.807, 2.05) is 0 Å². The van der Waals surface area contributed by atoms with Crippen LogP contribution >= 0.6 is 0 Å². The van der Waals surface area contributed by atoms with E-state index in [-0.39, 0.29) is 0 Å². The molecule has 602 valence electrons. The van der Waals surface area contributed by atoms with Crippen molar-refractivity contribution in [3.05, 3.63) is 497 Å². The van der Waals surface area contributed by atoms with E-state index in [0.717, 1.165) is 0 Å². The maximum atomic E-state index is 2.40. The van der Waals surface area contributed by atoms with Crippen molar-refractivity contribution in [1.82, 2.24) is 0 Å². The zero-order chi connectivity index (χ0) is 85.7. The largest absolute Gasteiger partial charge is 0.0622 e. The van der Waals surface area contributed by atoms with Gasteiger partial charge in [-0.05, 0) is 310 Å². The van der Waals surface area contributed by atoms with Crippen molar-refractivity contribution in [3.63, 3.8) is 0 Å². The number of hydrogen-bond donors (Lipinski definition) is 0. The lowest BCUT2D eigenvalue weighted by atomic mass is 9.83. The monoisotopic (exact) mass is 1640 g/mol. The highest BCUT2D eigenvalue weighted by molar-refractivity contribution is 6.30. The molecule has 0 fully saturated rings. The van der Waals surface area contributed by atoms with Gasteiger partial charge in [-0.25, -0.2) is 0 Å². The molecule has 0 bridgehead atoms. The Morgan fingerprint density at radius 3 is 0.685 bits per heavy atom. The Hall–Kier alpha value is -16.9. The predicted octanol–water partition coefficient (Wildman–Crippen LogP) is 36.8. The molecule has 0 amide bonds. The first-order chi connectivity index (χ1) is 64.5. The van der Waals surface area contributed by atoms with Gasteiger partial charge in [0.15, 0.2) is 0 Å². The molecule has 0 aliphatic heterocycles. The van der Waals surface area contributed by atoms with Gasteiger partial charge in [0, 0.05) is 0 Å². The average molecular weight is 1640 g/mol. The standard InChI is InChI=1S/C48H30.C44H28.C38H24/c1-3-15-37-31(12-1)14-11-23-38(37)35-26-24-33-29-36(27-25-32(33)28-35)47-42-19-7-9-21-44(42)48(45-22-10-8-20-43(45)47)46-30-34-13-2-4-16-39(34)40-17-5-6-18-41(40)46;1-2-14-29(15-3-1)41-28-32(26-30-16-4-7-19-34(30)41)43-37-22-10-12-24-39(37)44(40-25-13-11-23-38(40)43)42-27-31-17-5-6-18-33(31)35-20-8-9-21-36(35)42;1-2-12-26-23-28(22-21-25(26)11-1)37-32-17-7-9-19-34(32)38(35-20-10-8-18-33(35)37)36-24-27-13-3-4-14-29(27)30-15-5-6-16-31(30)36/h1-30H;1-28H;1-24H. The summed E-state index contributed by atoms with van der Waals surface area (Å²) in [7, 11) is 0. The summed E-state index contributed by atoms with van der Waals surface area (Å²) in [6.07, 6.45) is 0. The molecule has 0 nitrogen and oxygen atoms in total. The Kier molecular flexibility index (Phi) is 18.4. The predicted molar refractivity (Wildman–Crippen MR) is 563 cm³/mol. The Morgan fingerprint density at radius 2 is 0.308 bits per heavy atom. The molecule has 27 rings (SSSR count). The van der Waals surface area contributed by atoms with Crippen LogP contribution in [0.15, 0.2) is 497 Å². The van der Waals surface area contributed by atoms with Crippen molar-refractivity contribution in [2.24, 2.45) is 0 Å². The van der Waals surface area contributed by atoms with Crippen molar-refractivity contribution in [1.29, 1.82) is 0 Å². The number of hydrogen-bond acceptors (Lipinski definition) is 0. The molecule has 27 aromatic carbocycles. The molecule has 0 N–H and O–H groups in total. The minimum atomic E-state index is 1.23. The summed E-state index contributed by atoms with van der Waals surface area (Å²) >= 11 is 0. The molecule has 0 saturated carbocycles. The van der Waals surface area contributed by atoms with Crippen LogP contribution in [0.25, 0.3) is 261 Å². The molecule has 0 aliphatic rings. The van der Waals surface area contributed by atoms with Gasteiger partial charge in [0.25, 0.3) is 0 Å². The fourth-order valence-electron chi connectivity index (χ4n) is 21.7. The Bertz CT molecular complexity index is 9140. The van der Waals surface area contributed by atoms with Crippen molar-refractivity contribution in [3.8, 4) is 89.0 Å². The molecule has 27 aromatic rings. The second-order valence-corrected chi connectivity index (χ2v) is 34.6. The van der Waals surface area contributed by atoms with Crippen LogP contribution in [0.1, 0.15) is 0 Å². The Morgan fingerprint density at radius 1 is 0.0769 bits per heavy atom. The zero-order valence-electron chi connectivity index (χ0n) is 71.3. The van der Waals surface area contributed by atoms with Crippen LogP contribution in [0.4, 0.5) is 0 Å². The van der Waals surface area contributed by atoms with Gasteiger partial charge in [-0.15, -0.1) is 0 Å². The summed E-state index contributed by atoms with van der Waals surface area (Å²) in [6, 6.07) is 183. The maximum absolute atomic E-state index is 2.40. The van der Waals surface area contributed by atoms with Crippen molar-refractivity contribution in [2.75, 3.05) is 0 Å². The lowest BCUT2D eigenvalue weighted by Gasteiger charge is -2.20. The lowest BCUT2D eigenvalue weighted by molar-refractivity contribution is 1.64.